The van der Waals surface area contributed by atoms with E-state index < -0.39 is 23.2 Å². The van der Waals surface area contributed by atoms with Crippen molar-refractivity contribution in [2.75, 3.05) is 5.32 Å². The summed E-state index contributed by atoms with van der Waals surface area (Å²) in [4.78, 5) is 42.9. The van der Waals surface area contributed by atoms with E-state index in [1.165, 1.54) is 0 Å². The molecule has 2 amide bonds. The quantitative estimate of drug-likeness (QED) is 0.563. The minimum absolute atomic E-state index is 0.296. The van der Waals surface area contributed by atoms with E-state index in [-0.39, 0.29) is 5.56 Å². The number of amides is 2. The van der Waals surface area contributed by atoms with Gasteiger partial charge in [0.2, 0.25) is 5.88 Å². The lowest BCUT2D eigenvalue weighted by atomic mass is 10.0. The first-order valence-corrected chi connectivity index (χ1v) is 9.68. The van der Waals surface area contributed by atoms with Gasteiger partial charge in [0.25, 0.3) is 5.56 Å². The van der Waals surface area contributed by atoms with E-state index in [4.69, 9.17) is 0 Å². The highest BCUT2D eigenvalue weighted by atomic mass is 16.3. The summed E-state index contributed by atoms with van der Waals surface area (Å²) in [6.07, 6.45) is 0.948. The second-order valence-corrected chi connectivity index (χ2v) is 7.52. The van der Waals surface area contributed by atoms with Gasteiger partial charge in [0.15, 0.2) is 0 Å². The number of aromatic amines is 1. The summed E-state index contributed by atoms with van der Waals surface area (Å²) in [6.45, 7) is 9.32. The largest absolute Gasteiger partial charge is 0.493 e. The Morgan fingerprint density at radius 3 is 2.35 bits per heavy atom. The third kappa shape index (κ3) is 4.32. The van der Waals surface area contributed by atoms with E-state index in [0.717, 1.165) is 38.6 Å². The van der Waals surface area contributed by atoms with Crippen LogP contribution in [0.1, 0.15) is 33.4 Å². The maximum Gasteiger partial charge on any atom is 0.345 e. The van der Waals surface area contributed by atoms with Crippen molar-refractivity contribution in [1.29, 1.82) is 0 Å². The fourth-order valence-electron chi connectivity index (χ4n) is 3.54. The Kier molecular flexibility index (Phi) is 5.92. The molecule has 3 N–H and O–H groups in total. The number of aliphatic imine (C=N–C) groups is 1. The monoisotopic (exact) mass is 420 g/mol. The zero-order valence-corrected chi connectivity index (χ0v) is 18.0. The third-order valence-electron chi connectivity index (χ3n) is 5.14. The van der Waals surface area contributed by atoms with Crippen LogP contribution in [-0.2, 0) is 0 Å². The smallest absolute Gasteiger partial charge is 0.345 e. The Bertz CT molecular complexity index is 1310. The number of benzene rings is 2. The van der Waals surface area contributed by atoms with Gasteiger partial charge < -0.3 is 10.4 Å². The van der Waals surface area contributed by atoms with Crippen molar-refractivity contribution >= 4 is 17.9 Å². The number of nitrogens with one attached hydrogen (secondary N) is 2. The second-order valence-electron chi connectivity index (χ2n) is 7.52. The lowest BCUT2D eigenvalue weighted by molar-refractivity contribution is 0.259. The van der Waals surface area contributed by atoms with E-state index in [0.29, 0.717) is 11.4 Å². The Hall–Kier alpha value is -3.94. The molecule has 0 fully saturated rings. The van der Waals surface area contributed by atoms with Gasteiger partial charge in [-0.25, -0.2) is 19.1 Å². The molecule has 0 unspecified atom stereocenters. The van der Waals surface area contributed by atoms with Crippen LogP contribution in [0, 0.1) is 34.6 Å². The van der Waals surface area contributed by atoms with Crippen LogP contribution in [-0.4, -0.2) is 26.9 Å². The van der Waals surface area contributed by atoms with Gasteiger partial charge in [-0.1, -0.05) is 29.8 Å². The number of rotatable bonds is 3. The van der Waals surface area contributed by atoms with Crippen molar-refractivity contribution in [3.8, 4) is 11.6 Å². The Morgan fingerprint density at radius 1 is 1.06 bits per heavy atom. The molecule has 0 aliphatic heterocycles. The van der Waals surface area contributed by atoms with Crippen LogP contribution < -0.4 is 16.6 Å². The topological polar surface area (TPSA) is 117 Å². The molecule has 0 bridgehead atoms. The van der Waals surface area contributed by atoms with Gasteiger partial charge in [-0.2, -0.15) is 0 Å². The molecular weight excluding hydrogens is 396 g/mol. The molecule has 3 aromatic rings. The number of nitrogens with zero attached hydrogens (tertiary/aromatic N) is 2. The van der Waals surface area contributed by atoms with Gasteiger partial charge in [-0.3, -0.25) is 9.78 Å². The Morgan fingerprint density at radius 2 is 1.71 bits per heavy atom. The highest BCUT2D eigenvalue weighted by Gasteiger charge is 2.18. The summed E-state index contributed by atoms with van der Waals surface area (Å²) in [7, 11) is 0. The number of aromatic hydroxyl groups is 1. The number of carbonyl (C=O) groups excluding carboxylic acids is 1. The number of carbonyl (C=O) groups is 1. The van der Waals surface area contributed by atoms with Gasteiger partial charge in [0, 0.05) is 5.69 Å². The lowest BCUT2D eigenvalue weighted by Gasteiger charge is -2.15. The van der Waals surface area contributed by atoms with Crippen LogP contribution in [0.3, 0.4) is 0 Å². The van der Waals surface area contributed by atoms with Gasteiger partial charge >= 0.3 is 11.7 Å². The molecule has 31 heavy (non-hydrogen) atoms. The summed E-state index contributed by atoms with van der Waals surface area (Å²) in [6, 6.07) is 8.48. The zero-order valence-electron chi connectivity index (χ0n) is 18.0. The molecule has 0 aliphatic carbocycles. The fourth-order valence-corrected chi connectivity index (χ4v) is 3.54. The fraction of sp³-hybridized carbons (Fsp3) is 0.217. The molecule has 1 heterocycles. The van der Waals surface area contributed by atoms with Crippen molar-refractivity contribution in [2.45, 2.75) is 34.6 Å². The molecule has 0 atom stereocenters. The molecule has 0 aliphatic rings. The first-order valence-electron chi connectivity index (χ1n) is 9.68. The average molecular weight is 420 g/mol. The predicted octanol–water partition coefficient (Wildman–Crippen LogP) is 3.42. The number of aryl methyl sites for hydroxylation is 4. The van der Waals surface area contributed by atoms with Gasteiger partial charge in [-0.05, 0) is 62.9 Å². The predicted molar refractivity (Wildman–Crippen MR) is 121 cm³/mol. The molecule has 2 aromatic carbocycles. The van der Waals surface area contributed by atoms with Crippen LogP contribution in [0.25, 0.3) is 5.69 Å². The van der Waals surface area contributed by atoms with Crippen molar-refractivity contribution in [2.24, 2.45) is 4.99 Å². The Labute approximate surface area is 178 Å². The summed E-state index contributed by atoms with van der Waals surface area (Å²) in [5.41, 5.74) is 3.53. The van der Waals surface area contributed by atoms with Crippen molar-refractivity contribution < 1.29 is 9.90 Å². The maximum absolute atomic E-state index is 12.5. The van der Waals surface area contributed by atoms with Crippen molar-refractivity contribution in [1.82, 2.24) is 9.55 Å². The average Bonchev–Trinajstić information content (AvgIpc) is 2.67. The van der Waals surface area contributed by atoms with E-state index in [1.807, 2.05) is 39.0 Å². The number of hydrogen-bond donors (Lipinski definition) is 3. The standard InChI is InChI=1S/C23H24N4O4/c1-12-9-14(3)19(15(4)10-12)27-21(29)17(20(28)26-23(27)31)11-24-22(30)25-18-8-6-7-13(2)16(18)5/h6-11,29H,1-5H3,(H,25,30)(H,26,28,31). The molecular formula is C23H24N4O4. The van der Waals surface area contributed by atoms with Crippen LogP contribution >= 0.6 is 0 Å². The van der Waals surface area contributed by atoms with E-state index in [9.17, 15) is 19.5 Å². The first kappa shape index (κ1) is 21.8. The zero-order chi connectivity index (χ0) is 22.9. The lowest BCUT2D eigenvalue weighted by Crippen LogP contribution is -2.32. The number of hydrogen-bond acceptors (Lipinski definition) is 4. The normalized spacial score (nSPS) is 11.1. The summed E-state index contributed by atoms with van der Waals surface area (Å²) in [5.74, 6) is -0.591. The SMILES string of the molecule is Cc1cc(C)c(-n2c(O)c(C=NC(=O)Nc3cccc(C)c3C)c(=O)[nH]c2=O)c(C)c1. The highest BCUT2D eigenvalue weighted by Crippen LogP contribution is 2.24. The number of H-pyrrole nitrogens is 1. The maximum atomic E-state index is 12.5. The second kappa shape index (κ2) is 8.43. The molecule has 8 heteroatoms. The van der Waals surface area contributed by atoms with Crippen molar-refractivity contribution in [3.05, 3.63) is 84.6 Å². The number of aromatic nitrogens is 2. The summed E-state index contributed by atoms with van der Waals surface area (Å²) >= 11 is 0. The molecule has 8 nitrogen and oxygen atoms in total. The molecule has 0 saturated heterocycles. The summed E-state index contributed by atoms with van der Waals surface area (Å²) in [5, 5.41) is 13.4. The van der Waals surface area contributed by atoms with Crippen LogP contribution in [0.4, 0.5) is 10.5 Å². The molecule has 1 aromatic heterocycles. The minimum Gasteiger partial charge on any atom is -0.493 e. The summed E-state index contributed by atoms with van der Waals surface area (Å²) < 4.78 is 1.01. The third-order valence-corrected chi connectivity index (χ3v) is 5.14. The van der Waals surface area contributed by atoms with Gasteiger partial charge in [-0.15, -0.1) is 0 Å². The molecule has 0 spiro atoms. The molecule has 160 valence electrons. The molecule has 0 saturated carbocycles. The van der Waals surface area contributed by atoms with E-state index >= 15 is 0 Å². The van der Waals surface area contributed by atoms with E-state index in [1.54, 1.807) is 26.0 Å². The van der Waals surface area contributed by atoms with E-state index in [2.05, 4.69) is 15.3 Å². The van der Waals surface area contributed by atoms with Crippen LogP contribution in [0.15, 0.2) is 44.9 Å². The van der Waals surface area contributed by atoms with Gasteiger partial charge in [0.05, 0.1) is 11.9 Å². The van der Waals surface area contributed by atoms with Gasteiger partial charge in [0.1, 0.15) is 5.56 Å². The highest BCUT2D eigenvalue weighted by molar-refractivity contribution is 5.99. The first-order chi connectivity index (χ1) is 14.6. The van der Waals surface area contributed by atoms with Crippen molar-refractivity contribution in [3.63, 3.8) is 0 Å². The molecule has 0 radical (unpaired) electrons. The van der Waals surface area contributed by atoms with Crippen LogP contribution in [0.2, 0.25) is 0 Å². The number of urea groups is 1. The number of anilines is 1. The Balaban J connectivity index is 2.02. The minimum atomic E-state index is -0.843. The molecule has 3 rings (SSSR count). The van der Waals surface area contributed by atoms with Crippen LogP contribution in [0.5, 0.6) is 5.88 Å².